The molecule has 2 N–H and O–H groups in total. The first kappa shape index (κ1) is 22.7. The Morgan fingerprint density at radius 1 is 1.15 bits per heavy atom. The van der Waals surface area contributed by atoms with Gasteiger partial charge in [-0.25, -0.2) is 4.99 Å². The summed E-state index contributed by atoms with van der Waals surface area (Å²) in [5.41, 5.74) is 0. The summed E-state index contributed by atoms with van der Waals surface area (Å²) in [6, 6.07) is 0.821. The van der Waals surface area contributed by atoms with Crippen LogP contribution in [0.4, 0.5) is 0 Å². The van der Waals surface area contributed by atoms with Crippen molar-refractivity contribution in [3.63, 3.8) is 0 Å². The van der Waals surface area contributed by atoms with Gasteiger partial charge in [0.1, 0.15) is 6.54 Å². The highest BCUT2D eigenvalue weighted by Crippen LogP contribution is 2.17. The number of nitrogens with one attached hydrogen (secondary N) is 2. The lowest BCUT2D eigenvalue weighted by atomic mass is 9.96. The summed E-state index contributed by atoms with van der Waals surface area (Å²) >= 11 is 0. The van der Waals surface area contributed by atoms with Gasteiger partial charge in [-0.05, 0) is 52.2 Å². The molecule has 0 saturated heterocycles. The molecule has 0 aromatic heterocycles. The molecule has 0 aliphatic heterocycles. The molecule has 26 heavy (non-hydrogen) atoms. The van der Waals surface area contributed by atoms with E-state index in [4.69, 9.17) is 0 Å². The van der Waals surface area contributed by atoms with Gasteiger partial charge in [-0.2, -0.15) is 0 Å². The van der Waals surface area contributed by atoms with Crippen molar-refractivity contribution >= 4 is 11.9 Å². The quantitative estimate of drug-likeness (QED) is 0.460. The van der Waals surface area contributed by atoms with Gasteiger partial charge in [-0.15, -0.1) is 0 Å². The average molecular weight is 368 g/mol. The van der Waals surface area contributed by atoms with Crippen LogP contribution in [0.2, 0.25) is 0 Å². The zero-order valence-corrected chi connectivity index (χ0v) is 17.7. The SMILES string of the molecule is CCN(CC)CCCC(C)NC(=NCC(=O)N(C)C)NC1CCCCC1. The molecular formula is C20H41N5O. The highest BCUT2D eigenvalue weighted by Gasteiger charge is 2.16. The normalized spacial score (nSPS) is 17.2. The Kier molecular flexibility index (Phi) is 11.3. The van der Waals surface area contributed by atoms with Crippen molar-refractivity contribution in [1.82, 2.24) is 20.4 Å². The van der Waals surface area contributed by atoms with Gasteiger partial charge in [0.15, 0.2) is 5.96 Å². The van der Waals surface area contributed by atoms with E-state index in [9.17, 15) is 4.79 Å². The first-order valence-electron chi connectivity index (χ1n) is 10.5. The molecule has 1 aliphatic carbocycles. The summed E-state index contributed by atoms with van der Waals surface area (Å²) < 4.78 is 0. The van der Waals surface area contributed by atoms with Crippen molar-refractivity contribution in [1.29, 1.82) is 0 Å². The van der Waals surface area contributed by atoms with E-state index < -0.39 is 0 Å². The molecule has 0 spiro atoms. The van der Waals surface area contributed by atoms with E-state index in [2.05, 4.69) is 41.3 Å². The Morgan fingerprint density at radius 2 is 1.81 bits per heavy atom. The van der Waals surface area contributed by atoms with E-state index in [-0.39, 0.29) is 12.5 Å². The van der Waals surface area contributed by atoms with Crippen LogP contribution >= 0.6 is 0 Å². The molecule has 152 valence electrons. The largest absolute Gasteiger partial charge is 0.354 e. The third-order valence-electron chi connectivity index (χ3n) is 5.21. The zero-order chi connectivity index (χ0) is 19.4. The maximum Gasteiger partial charge on any atom is 0.243 e. The van der Waals surface area contributed by atoms with Crippen LogP contribution in [0.25, 0.3) is 0 Å². The van der Waals surface area contributed by atoms with Gasteiger partial charge in [0, 0.05) is 26.2 Å². The number of amides is 1. The molecule has 0 heterocycles. The fourth-order valence-corrected chi connectivity index (χ4v) is 3.33. The third kappa shape index (κ3) is 9.41. The van der Waals surface area contributed by atoms with E-state index in [0.29, 0.717) is 12.1 Å². The molecule has 1 amide bonds. The number of aliphatic imine (C=N–C) groups is 1. The summed E-state index contributed by atoms with van der Waals surface area (Å²) in [6.07, 6.45) is 8.55. The molecule has 1 unspecified atom stereocenters. The van der Waals surface area contributed by atoms with Crippen LogP contribution in [0.3, 0.4) is 0 Å². The van der Waals surface area contributed by atoms with Crippen LogP contribution in [0.1, 0.15) is 65.7 Å². The topological polar surface area (TPSA) is 60.0 Å². The third-order valence-corrected chi connectivity index (χ3v) is 5.21. The number of hydrogen-bond acceptors (Lipinski definition) is 3. The molecule has 1 fully saturated rings. The van der Waals surface area contributed by atoms with E-state index in [1.54, 1.807) is 19.0 Å². The second-order valence-corrected chi connectivity index (χ2v) is 7.65. The molecule has 6 nitrogen and oxygen atoms in total. The minimum atomic E-state index is 0.0314. The molecule has 0 bridgehead atoms. The fraction of sp³-hybridized carbons (Fsp3) is 0.900. The summed E-state index contributed by atoms with van der Waals surface area (Å²) in [5, 5.41) is 7.08. The Bertz CT molecular complexity index is 414. The molecule has 1 atom stereocenters. The standard InChI is InChI=1S/C20H41N5O/c1-6-25(7-2)15-11-12-17(3)22-20(21-16-19(26)24(4)5)23-18-13-9-8-10-14-18/h17-18H,6-16H2,1-5H3,(H2,21,22,23). The maximum absolute atomic E-state index is 11.9. The Labute approximate surface area is 160 Å². The number of rotatable bonds is 10. The van der Waals surface area contributed by atoms with Crippen molar-refractivity contribution in [2.24, 2.45) is 4.99 Å². The zero-order valence-electron chi connectivity index (χ0n) is 17.7. The fourth-order valence-electron chi connectivity index (χ4n) is 3.33. The Hall–Kier alpha value is -1.30. The summed E-state index contributed by atoms with van der Waals surface area (Å²) in [5.74, 6) is 0.825. The van der Waals surface area contributed by atoms with E-state index in [0.717, 1.165) is 32.0 Å². The van der Waals surface area contributed by atoms with Crippen molar-refractivity contribution in [3.05, 3.63) is 0 Å². The van der Waals surface area contributed by atoms with Gasteiger partial charge in [-0.1, -0.05) is 33.1 Å². The van der Waals surface area contributed by atoms with E-state index >= 15 is 0 Å². The van der Waals surface area contributed by atoms with Gasteiger partial charge in [0.2, 0.25) is 5.91 Å². The summed E-state index contributed by atoms with van der Waals surface area (Å²) in [6.45, 7) is 10.2. The molecule has 1 saturated carbocycles. The molecule has 6 heteroatoms. The highest BCUT2D eigenvalue weighted by atomic mass is 16.2. The van der Waals surface area contributed by atoms with Gasteiger partial charge >= 0.3 is 0 Å². The number of carbonyl (C=O) groups is 1. The van der Waals surface area contributed by atoms with Crippen LogP contribution in [-0.4, -0.2) is 74.0 Å². The van der Waals surface area contributed by atoms with Crippen molar-refractivity contribution < 1.29 is 4.79 Å². The second kappa shape index (κ2) is 13.0. The summed E-state index contributed by atoms with van der Waals surface area (Å²) in [7, 11) is 3.55. The number of hydrogen-bond donors (Lipinski definition) is 2. The van der Waals surface area contributed by atoms with Crippen molar-refractivity contribution in [3.8, 4) is 0 Å². The number of nitrogens with zero attached hydrogens (tertiary/aromatic N) is 3. The number of guanidine groups is 1. The molecular weight excluding hydrogens is 326 g/mol. The van der Waals surface area contributed by atoms with Crippen LogP contribution in [0.5, 0.6) is 0 Å². The van der Waals surface area contributed by atoms with E-state index in [1.807, 2.05) is 0 Å². The van der Waals surface area contributed by atoms with Crippen LogP contribution in [0, 0.1) is 0 Å². The van der Waals surface area contributed by atoms with E-state index in [1.165, 1.54) is 38.5 Å². The summed E-state index contributed by atoms with van der Waals surface area (Å²) in [4.78, 5) is 20.5. The van der Waals surface area contributed by atoms with Crippen molar-refractivity contribution in [2.75, 3.05) is 40.3 Å². The minimum Gasteiger partial charge on any atom is -0.354 e. The average Bonchev–Trinajstić information content (AvgIpc) is 2.63. The lowest BCUT2D eigenvalue weighted by Gasteiger charge is -2.27. The van der Waals surface area contributed by atoms with Crippen LogP contribution < -0.4 is 10.6 Å². The van der Waals surface area contributed by atoms with Crippen LogP contribution in [0.15, 0.2) is 4.99 Å². The number of likely N-dealkylation sites (N-methyl/N-ethyl adjacent to an activating group) is 1. The molecule has 0 aromatic rings. The number of carbonyl (C=O) groups excluding carboxylic acids is 1. The first-order valence-corrected chi connectivity index (χ1v) is 10.5. The minimum absolute atomic E-state index is 0.0314. The smallest absolute Gasteiger partial charge is 0.243 e. The predicted octanol–water partition coefficient (Wildman–Crippen LogP) is 2.45. The molecule has 0 aromatic carbocycles. The first-order chi connectivity index (χ1) is 12.5. The molecule has 1 rings (SSSR count). The maximum atomic E-state index is 11.9. The monoisotopic (exact) mass is 367 g/mol. The lowest BCUT2D eigenvalue weighted by molar-refractivity contribution is -0.127. The molecule has 1 aliphatic rings. The lowest BCUT2D eigenvalue weighted by Crippen LogP contribution is -2.47. The molecule has 0 radical (unpaired) electrons. The van der Waals surface area contributed by atoms with Gasteiger partial charge in [0.25, 0.3) is 0 Å². The van der Waals surface area contributed by atoms with Gasteiger partial charge in [0.05, 0.1) is 0 Å². The Morgan fingerprint density at radius 3 is 2.38 bits per heavy atom. The van der Waals surface area contributed by atoms with Gasteiger partial charge < -0.3 is 20.4 Å². The van der Waals surface area contributed by atoms with Gasteiger partial charge in [-0.3, -0.25) is 4.79 Å². The Balaban J connectivity index is 2.53. The second-order valence-electron chi connectivity index (χ2n) is 7.65. The highest BCUT2D eigenvalue weighted by molar-refractivity contribution is 5.85. The van der Waals surface area contributed by atoms with Crippen molar-refractivity contribution in [2.45, 2.75) is 77.8 Å². The predicted molar refractivity (Wildman–Crippen MR) is 111 cm³/mol. The van der Waals surface area contributed by atoms with Crippen LogP contribution in [-0.2, 0) is 4.79 Å².